The molecule has 0 radical (unpaired) electrons. The minimum Gasteiger partial charge on any atom is -0.448 e. The zero-order valence-corrected chi connectivity index (χ0v) is 9.29. The van der Waals surface area contributed by atoms with Crippen LogP contribution in [0.5, 0.6) is 0 Å². The van der Waals surface area contributed by atoms with E-state index in [2.05, 4.69) is 10.6 Å². The van der Waals surface area contributed by atoms with Gasteiger partial charge in [0, 0.05) is 19.2 Å². The fourth-order valence-electron chi connectivity index (χ4n) is 1.38. The first kappa shape index (κ1) is 12.1. The SMILES string of the molecule is CCNc1occ(CC(N)=O)c1C(=O)NC. The van der Waals surface area contributed by atoms with Crippen molar-refractivity contribution in [1.29, 1.82) is 0 Å². The summed E-state index contributed by atoms with van der Waals surface area (Å²) in [6.07, 6.45) is 1.35. The van der Waals surface area contributed by atoms with Crippen molar-refractivity contribution in [2.75, 3.05) is 18.9 Å². The van der Waals surface area contributed by atoms with E-state index in [9.17, 15) is 9.59 Å². The van der Waals surface area contributed by atoms with Gasteiger partial charge in [-0.25, -0.2) is 0 Å². The lowest BCUT2D eigenvalue weighted by Crippen LogP contribution is -2.22. The molecule has 0 aliphatic heterocycles. The second kappa shape index (κ2) is 5.20. The molecule has 2 amide bonds. The van der Waals surface area contributed by atoms with Crippen LogP contribution in [0.1, 0.15) is 22.8 Å². The van der Waals surface area contributed by atoms with Gasteiger partial charge in [-0.05, 0) is 6.92 Å². The van der Waals surface area contributed by atoms with Gasteiger partial charge in [-0.1, -0.05) is 0 Å². The lowest BCUT2D eigenvalue weighted by atomic mass is 10.1. The van der Waals surface area contributed by atoms with Crippen LogP contribution in [0.3, 0.4) is 0 Å². The molecule has 0 saturated carbocycles. The number of furan rings is 1. The molecule has 0 aliphatic rings. The Bertz CT molecular complexity index is 398. The first-order valence-electron chi connectivity index (χ1n) is 4.94. The molecule has 0 aromatic carbocycles. The number of carbonyl (C=O) groups is 2. The summed E-state index contributed by atoms with van der Waals surface area (Å²) >= 11 is 0. The highest BCUT2D eigenvalue weighted by Gasteiger charge is 2.20. The molecular weight excluding hydrogens is 210 g/mol. The number of primary amides is 1. The molecule has 4 N–H and O–H groups in total. The van der Waals surface area contributed by atoms with Crippen molar-refractivity contribution >= 4 is 17.7 Å². The van der Waals surface area contributed by atoms with Crippen molar-refractivity contribution in [3.05, 3.63) is 17.4 Å². The number of anilines is 1. The van der Waals surface area contributed by atoms with Crippen LogP contribution in [-0.2, 0) is 11.2 Å². The van der Waals surface area contributed by atoms with Crippen LogP contribution < -0.4 is 16.4 Å². The summed E-state index contributed by atoms with van der Waals surface area (Å²) in [6.45, 7) is 2.50. The van der Waals surface area contributed by atoms with E-state index < -0.39 is 5.91 Å². The highest BCUT2D eigenvalue weighted by atomic mass is 16.3. The topological polar surface area (TPSA) is 97.4 Å². The standard InChI is InChI=1S/C10H15N3O3/c1-3-13-10-8(9(15)12-2)6(5-16-10)4-7(11)14/h5,13H,3-4H2,1-2H3,(H2,11,14)(H,12,15). The normalized spacial score (nSPS) is 9.88. The van der Waals surface area contributed by atoms with Gasteiger partial charge in [0.05, 0.1) is 12.7 Å². The van der Waals surface area contributed by atoms with Crippen LogP contribution in [0, 0.1) is 0 Å². The average Bonchev–Trinajstić information content (AvgIpc) is 2.60. The summed E-state index contributed by atoms with van der Waals surface area (Å²) in [7, 11) is 1.51. The third kappa shape index (κ3) is 2.53. The number of hydrogen-bond acceptors (Lipinski definition) is 4. The first-order chi connectivity index (χ1) is 7.60. The molecule has 0 unspecified atom stereocenters. The Kier molecular flexibility index (Phi) is 3.93. The number of hydrogen-bond donors (Lipinski definition) is 3. The summed E-state index contributed by atoms with van der Waals surface area (Å²) in [5.74, 6) is -0.451. The molecule has 0 spiro atoms. The molecule has 0 atom stereocenters. The Morgan fingerprint density at radius 1 is 1.50 bits per heavy atom. The molecule has 0 bridgehead atoms. The van der Waals surface area contributed by atoms with Gasteiger partial charge in [-0.15, -0.1) is 0 Å². The number of carbonyl (C=O) groups excluding carboxylic acids is 2. The van der Waals surface area contributed by atoms with Crippen molar-refractivity contribution < 1.29 is 14.0 Å². The fourth-order valence-corrected chi connectivity index (χ4v) is 1.38. The second-order valence-electron chi connectivity index (χ2n) is 3.22. The van der Waals surface area contributed by atoms with E-state index in [0.717, 1.165) is 0 Å². The van der Waals surface area contributed by atoms with E-state index in [0.29, 0.717) is 23.6 Å². The molecular formula is C10H15N3O3. The maximum atomic E-state index is 11.6. The predicted molar refractivity (Wildman–Crippen MR) is 59.2 cm³/mol. The average molecular weight is 225 g/mol. The molecule has 1 aromatic rings. The first-order valence-corrected chi connectivity index (χ1v) is 4.94. The van der Waals surface area contributed by atoms with Crippen LogP contribution in [-0.4, -0.2) is 25.4 Å². The Hall–Kier alpha value is -1.98. The highest BCUT2D eigenvalue weighted by molar-refractivity contribution is 6.00. The Labute approximate surface area is 93.2 Å². The zero-order chi connectivity index (χ0) is 12.1. The number of amides is 2. The van der Waals surface area contributed by atoms with E-state index >= 15 is 0 Å². The van der Waals surface area contributed by atoms with Gasteiger partial charge < -0.3 is 20.8 Å². The molecule has 6 heteroatoms. The molecule has 0 saturated heterocycles. The molecule has 1 aromatic heterocycles. The van der Waals surface area contributed by atoms with Crippen LogP contribution in [0.4, 0.5) is 5.88 Å². The minimum absolute atomic E-state index is 0.0162. The Morgan fingerprint density at radius 2 is 2.19 bits per heavy atom. The monoisotopic (exact) mass is 225 g/mol. The minimum atomic E-state index is -0.506. The molecule has 1 rings (SSSR count). The van der Waals surface area contributed by atoms with Gasteiger partial charge in [0.15, 0.2) is 0 Å². The van der Waals surface area contributed by atoms with Crippen molar-refractivity contribution in [2.24, 2.45) is 5.73 Å². The number of nitrogens with two attached hydrogens (primary N) is 1. The second-order valence-corrected chi connectivity index (χ2v) is 3.22. The third-order valence-corrected chi connectivity index (χ3v) is 2.02. The molecule has 16 heavy (non-hydrogen) atoms. The van der Waals surface area contributed by atoms with Crippen LogP contribution >= 0.6 is 0 Å². The van der Waals surface area contributed by atoms with Crippen molar-refractivity contribution in [3.63, 3.8) is 0 Å². The lowest BCUT2D eigenvalue weighted by molar-refractivity contribution is -0.117. The third-order valence-electron chi connectivity index (χ3n) is 2.02. The summed E-state index contributed by atoms with van der Waals surface area (Å²) in [6, 6.07) is 0. The highest BCUT2D eigenvalue weighted by Crippen LogP contribution is 2.22. The number of nitrogens with one attached hydrogen (secondary N) is 2. The van der Waals surface area contributed by atoms with E-state index in [-0.39, 0.29) is 12.3 Å². The van der Waals surface area contributed by atoms with Crippen LogP contribution in [0.2, 0.25) is 0 Å². The molecule has 1 heterocycles. The smallest absolute Gasteiger partial charge is 0.256 e. The maximum Gasteiger partial charge on any atom is 0.256 e. The van der Waals surface area contributed by atoms with E-state index in [1.54, 1.807) is 0 Å². The molecule has 0 fully saturated rings. The van der Waals surface area contributed by atoms with E-state index in [1.807, 2.05) is 6.92 Å². The van der Waals surface area contributed by atoms with Gasteiger partial charge in [0.1, 0.15) is 5.56 Å². The van der Waals surface area contributed by atoms with E-state index in [1.165, 1.54) is 13.3 Å². The van der Waals surface area contributed by atoms with E-state index in [4.69, 9.17) is 10.2 Å². The number of rotatable bonds is 5. The van der Waals surface area contributed by atoms with Gasteiger partial charge in [0.2, 0.25) is 11.8 Å². The van der Waals surface area contributed by atoms with Crippen molar-refractivity contribution in [3.8, 4) is 0 Å². The largest absolute Gasteiger partial charge is 0.448 e. The lowest BCUT2D eigenvalue weighted by Gasteiger charge is -2.04. The van der Waals surface area contributed by atoms with Crippen molar-refractivity contribution in [1.82, 2.24) is 5.32 Å². The fraction of sp³-hybridized carbons (Fsp3) is 0.400. The summed E-state index contributed by atoms with van der Waals surface area (Å²) in [5, 5.41) is 5.39. The van der Waals surface area contributed by atoms with Gasteiger partial charge in [-0.2, -0.15) is 0 Å². The van der Waals surface area contributed by atoms with Gasteiger partial charge in [0.25, 0.3) is 5.91 Å². The Balaban J connectivity index is 3.08. The molecule has 88 valence electrons. The molecule has 6 nitrogen and oxygen atoms in total. The van der Waals surface area contributed by atoms with Gasteiger partial charge in [-0.3, -0.25) is 9.59 Å². The quantitative estimate of drug-likeness (QED) is 0.662. The zero-order valence-electron chi connectivity index (χ0n) is 9.29. The van der Waals surface area contributed by atoms with Crippen LogP contribution in [0.15, 0.2) is 10.7 Å². The Morgan fingerprint density at radius 3 is 2.69 bits per heavy atom. The van der Waals surface area contributed by atoms with Crippen LogP contribution in [0.25, 0.3) is 0 Å². The van der Waals surface area contributed by atoms with Crippen molar-refractivity contribution in [2.45, 2.75) is 13.3 Å². The maximum absolute atomic E-state index is 11.6. The summed E-state index contributed by atoms with van der Waals surface area (Å²) in [4.78, 5) is 22.4. The van der Waals surface area contributed by atoms with Gasteiger partial charge >= 0.3 is 0 Å². The molecule has 0 aliphatic carbocycles. The summed E-state index contributed by atoms with van der Waals surface area (Å²) < 4.78 is 5.18. The summed E-state index contributed by atoms with van der Waals surface area (Å²) in [5.41, 5.74) is 5.91. The predicted octanol–water partition coefficient (Wildman–Crippen LogP) is 0.0988.